The lowest BCUT2D eigenvalue weighted by Gasteiger charge is -2.15. The van der Waals surface area contributed by atoms with E-state index in [2.05, 4.69) is 5.32 Å². The fraction of sp³-hybridized carbons (Fsp3) is 0.385. The van der Waals surface area contributed by atoms with E-state index in [0.29, 0.717) is 13.1 Å². The highest BCUT2D eigenvalue weighted by molar-refractivity contribution is 5.97. The quantitative estimate of drug-likeness (QED) is 0.664. The molecule has 1 N–H and O–H groups in total. The second-order valence-electron chi connectivity index (χ2n) is 4.69. The zero-order chi connectivity index (χ0) is 15.4. The van der Waals surface area contributed by atoms with Crippen LogP contribution in [0.3, 0.4) is 0 Å². The van der Waals surface area contributed by atoms with Gasteiger partial charge in [-0.2, -0.15) is 0 Å². The van der Waals surface area contributed by atoms with E-state index in [9.17, 15) is 24.1 Å². The van der Waals surface area contributed by atoms with Gasteiger partial charge in [0.1, 0.15) is 5.82 Å². The molecular formula is C13H14FN3O4. The van der Waals surface area contributed by atoms with Crippen molar-refractivity contribution in [3.8, 4) is 0 Å². The predicted molar refractivity (Wildman–Crippen MR) is 71.2 cm³/mol. The summed E-state index contributed by atoms with van der Waals surface area (Å²) in [6, 6.07) is 2.68. The number of nitrogens with zero attached hydrogens (tertiary/aromatic N) is 2. The minimum atomic E-state index is -0.869. The van der Waals surface area contributed by atoms with E-state index in [1.165, 1.54) is 0 Å². The first-order valence-corrected chi connectivity index (χ1v) is 6.49. The Balaban J connectivity index is 2.01. The molecule has 0 atom stereocenters. The molecule has 8 heteroatoms. The van der Waals surface area contributed by atoms with Gasteiger partial charge < -0.3 is 10.2 Å². The van der Waals surface area contributed by atoms with E-state index in [1.54, 1.807) is 4.90 Å². The summed E-state index contributed by atoms with van der Waals surface area (Å²) < 4.78 is 13.5. The maximum Gasteiger partial charge on any atom is 0.270 e. The predicted octanol–water partition coefficient (Wildman–Crippen LogP) is 1.09. The third-order valence-electron chi connectivity index (χ3n) is 3.26. The van der Waals surface area contributed by atoms with Gasteiger partial charge in [0.05, 0.1) is 17.0 Å². The Bertz CT molecular complexity index is 585. The zero-order valence-electron chi connectivity index (χ0n) is 11.2. The lowest BCUT2D eigenvalue weighted by Crippen LogP contribution is -2.38. The molecule has 1 aliphatic heterocycles. The molecule has 1 aliphatic rings. The lowest BCUT2D eigenvalue weighted by molar-refractivity contribution is -0.384. The topological polar surface area (TPSA) is 92.6 Å². The van der Waals surface area contributed by atoms with Crippen molar-refractivity contribution in [2.75, 3.05) is 19.6 Å². The number of rotatable bonds is 4. The van der Waals surface area contributed by atoms with E-state index >= 15 is 0 Å². The van der Waals surface area contributed by atoms with Crippen LogP contribution in [0.15, 0.2) is 18.2 Å². The molecule has 0 aromatic heterocycles. The summed E-state index contributed by atoms with van der Waals surface area (Å²) in [4.78, 5) is 35.1. The number of hydrogen-bond acceptors (Lipinski definition) is 4. The number of amides is 2. The molecule has 0 radical (unpaired) electrons. The summed E-state index contributed by atoms with van der Waals surface area (Å²) in [5, 5.41) is 12.9. The van der Waals surface area contributed by atoms with Gasteiger partial charge in [0.2, 0.25) is 5.91 Å². The van der Waals surface area contributed by atoms with Crippen molar-refractivity contribution >= 4 is 17.5 Å². The molecule has 7 nitrogen and oxygen atoms in total. The van der Waals surface area contributed by atoms with Crippen LogP contribution in [0.4, 0.5) is 10.1 Å². The van der Waals surface area contributed by atoms with Gasteiger partial charge in [-0.05, 0) is 18.9 Å². The first kappa shape index (κ1) is 14.9. The molecule has 0 spiro atoms. The van der Waals surface area contributed by atoms with Gasteiger partial charge in [0.15, 0.2) is 0 Å². The van der Waals surface area contributed by atoms with E-state index in [4.69, 9.17) is 0 Å². The highest BCUT2D eigenvalue weighted by atomic mass is 19.1. The van der Waals surface area contributed by atoms with Crippen LogP contribution in [-0.2, 0) is 4.79 Å². The maximum absolute atomic E-state index is 13.5. The monoisotopic (exact) mass is 295 g/mol. The number of hydrogen-bond donors (Lipinski definition) is 1. The van der Waals surface area contributed by atoms with Crippen LogP contribution in [0.25, 0.3) is 0 Å². The third kappa shape index (κ3) is 3.53. The third-order valence-corrected chi connectivity index (χ3v) is 3.26. The van der Waals surface area contributed by atoms with Crippen LogP contribution >= 0.6 is 0 Å². The number of non-ortho nitro benzene ring substituents is 1. The summed E-state index contributed by atoms with van der Waals surface area (Å²) >= 11 is 0. The number of likely N-dealkylation sites (tertiary alicyclic amines) is 1. The maximum atomic E-state index is 13.5. The van der Waals surface area contributed by atoms with Gasteiger partial charge in [-0.25, -0.2) is 4.39 Å². The van der Waals surface area contributed by atoms with Crippen molar-refractivity contribution in [3.05, 3.63) is 39.7 Å². The van der Waals surface area contributed by atoms with Crippen LogP contribution in [0, 0.1) is 15.9 Å². The fourth-order valence-electron chi connectivity index (χ4n) is 2.13. The van der Waals surface area contributed by atoms with Crippen LogP contribution in [0.5, 0.6) is 0 Å². The Morgan fingerprint density at radius 1 is 1.33 bits per heavy atom. The molecule has 1 fully saturated rings. The number of halogens is 1. The van der Waals surface area contributed by atoms with Crippen LogP contribution in [-0.4, -0.2) is 41.3 Å². The van der Waals surface area contributed by atoms with E-state index < -0.39 is 22.2 Å². The smallest absolute Gasteiger partial charge is 0.270 e. The summed E-state index contributed by atoms with van der Waals surface area (Å²) in [5.74, 6) is -1.96. The average molecular weight is 295 g/mol. The molecule has 1 saturated heterocycles. The van der Waals surface area contributed by atoms with Gasteiger partial charge >= 0.3 is 0 Å². The largest absolute Gasteiger partial charge is 0.343 e. The van der Waals surface area contributed by atoms with E-state index in [-0.39, 0.29) is 18.1 Å². The summed E-state index contributed by atoms with van der Waals surface area (Å²) in [5.41, 5.74) is -0.828. The number of nitro benzene ring substituents is 1. The molecule has 0 bridgehead atoms. The summed E-state index contributed by atoms with van der Waals surface area (Å²) in [6.45, 7) is 1.06. The van der Waals surface area contributed by atoms with Gasteiger partial charge in [-0.15, -0.1) is 0 Å². The Hall–Kier alpha value is -2.51. The Kier molecular flexibility index (Phi) is 4.46. The Labute approximate surface area is 119 Å². The SMILES string of the molecule is O=C(NCC(=O)N1CCCC1)c1cc([N+](=O)[O-])ccc1F. The van der Waals surface area contributed by atoms with Gasteiger partial charge in [-0.1, -0.05) is 0 Å². The van der Waals surface area contributed by atoms with E-state index in [0.717, 1.165) is 31.0 Å². The van der Waals surface area contributed by atoms with Crippen LogP contribution in [0.1, 0.15) is 23.2 Å². The average Bonchev–Trinajstić information content (AvgIpc) is 2.98. The molecule has 1 aromatic rings. The van der Waals surface area contributed by atoms with Crippen molar-refractivity contribution in [1.29, 1.82) is 0 Å². The number of nitro groups is 1. The van der Waals surface area contributed by atoms with Crippen molar-refractivity contribution in [2.24, 2.45) is 0 Å². The highest BCUT2D eigenvalue weighted by Crippen LogP contribution is 2.16. The van der Waals surface area contributed by atoms with Crippen LogP contribution in [0.2, 0.25) is 0 Å². The Morgan fingerprint density at radius 3 is 2.62 bits per heavy atom. The Morgan fingerprint density at radius 2 is 2.00 bits per heavy atom. The van der Waals surface area contributed by atoms with Crippen molar-refractivity contribution in [3.63, 3.8) is 0 Å². The molecule has 0 unspecified atom stereocenters. The van der Waals surface area contributed by atoms with Crippen molar-refractivity contribution < 1.29 is 18.9 Å². The minimum Gasteiger partial charge on any atom is -0.343 e. The molecule has 2 amide bonds. The summed E-state index contributed by atoms with van der Waals surface area (Å²) in [7, 11) is 0. The van der Waals surface area contributed by atoms with Gasteiger partial charge in [0, 0.05) is 25.2 Å². The summed E-state index contributed by atoms with van der Waals surface area (Å²) in [6.07, 6.45) is 1.86. The highest BCUT2D eigenvalue weighted by Gasteiger charge is 2.20. The molecule has 0 saturated carbocycles. The number of nitrogens with one attached hydrogen (secondary N) is 1. The number of carbonyl (C=O) groups excluding carboxylic acids is 2. The molecule has 112 valence electrons. The molecule has 2 rings (SSSR count). The lowest BCUT2D eigenvalue weighted by atomic mass is 10.1. The van der Waals surface area contributed by atoms with Crippen LogP contribution < -0.4 is 5.32 Å². The van der Waals surface area contributed by atoms with Crippen molar-refractivity contribution in [2.45, 2.75) is 12.8 Å². The zero-order valence-corrected chi connectivity index (χ0v) is 11.2. The van der Waals surface area contributed by atoms with Gasteiger partial charge in [-0.3, -0.25) is 19.7 Å². The molecule has 0 aliphatic carbocycles. The number of carbonyl (C=O) groups is 2. The number of benzene rings is 1. The first-order valence-electron chi connectivity index (χ1n) is 6.49. The fourth-order valence-corrected chi connectivity index (χ4v) is 2.13. The van der Waals surface area contributed by atoms with E-state index in [1.807, 2.05) is 0 Å². The molecule has 1 aromatic carbocycles. The molecular weight excluding hydrogens is 281 g/mol. The van der Waals surface area contributed by atoms with Crippen molar-refractivity contribution in [1.82, 2.24) is 10.2 Å². The normalized spacial score (nSPS) is 14.0. The minimum absolute atomic E-state index is 0.244. The first-order chi connectivity index (χ1) is 9.99. The second-order valence-corrected chi connectivity index (χ2v) is 4.69. The molecule has 21 heavy (non-hydrogen) atoms. The second kappa shape index (κ2) is 6.29. The van der Waals surface area contributed by atoms with Gasteiger partial charge in [0.25, 0.3) is 11.6 Å². The molecule has 1 heterocycles. The standard InChI is InChI=1S/C13H14FN3O4/c14-11-4-3-9(17(20)21)7-10(11)13(19)15-8-12(18)16-5-1-2-6-16/h3-4,7H,1-2,5-6,8H2,(H,15,19).